The Morgan fingerprint density at radius 1 is 1.67 bits per heavy atom. The third kappa shape index (κ3) is 63.1. The molecule has 0 spiro atoms. The Labute approximate surface area is 76.2 Å². The minimum atomic E-state index is -0.981. The zero-order valence-electron chi connectivity index (χ0n) is 4.94. The summed E-state index contributed by atoms with van der Waals surface area (Å²) in [7, 11) is -0.833. The van der Waals surface area contributed by atoms with Crippen LogP contribution >= 0.6 is 8.69 Å². The molecule has 0 rings (SSSR count). The molecule has 0 unspecified atom stereocenters. The average Bonchev–Trinajstić information content (AvgIpc) is 1.69. The fraction of sp³-hybridized carbons (Fsp3) is 0. The van der Waals surface area contributed by atoms with Crippen molar-refractivity contribution in [1.82, 2.24) is 0 Å². The van der Waals surface area contributed by atoms with E-state index in [9.17, 15) is 4.79 Å². The number of carbonyl (C=O) groups is 1. The largest absolute Gasteiger partial charge is 0.478 e. The molecule has 9 heavy (non-hydrogen) atoms. The molecule has 0 fully saturated rings. The zero-order valence-corrected chi connectivity index (χ0v) is 7.84. The van der Waals surface area contributed by atoms with E-state index in [-0.39, 0.29) is 29.6 Å². The maximum Gasteiger partial charge on any atom is 0.327 e. The van der Waals surface area contributed by atoms with Gasteiger partial charge in [0.2, 0.25) is 0 Å². The minimum Gasteiger partial charge on any atom is -0.478 e. The molecule has 0 amide bonds. The Morgan fingerprint density at radius 3 is 1.78 bits per heavy atom. The van der Waals surface area contributed by atoms with E-state index in [0.29, 0.717) is 0 Å². The van der Waals surface area contributed by atoms with Gasteiger partial charge < -0.3 is 10.00 Å². The molecular weight excluding hydrogens is 154 g/mol. The molecule has 0 heterocycles. The third-order valence-corrected chi connectivity index (χ3v) is 0.175. The number of carboxylic acid groups (broad SMARTS) is 1. The Balaban J connectivity index is -0.0000000800. The van der Waals surface area contributed by atoms with E-state index in [4.69, 9.17) is 14.6 Å². The van der Waals surface area contributed by atoms with Crippen LogP contribution in [0.25, 0.3) is 0 Å². The van der Waals surface area contributed by atoms with Crippen LogP contribution in [0.15, 0.2) is 12.7 Å². The van der Waals surface area contributed by atoms with Crippen LogP contribution in [-0.4, -0.2) is 45.5 Å². The van der Waals surface area contributed by atoms with Crippen molar-refractivity contribution in [3.63, 3.8) is 0 Å². The van der Waals surface area contributed by atoms with E-state index in [1.165, 1.54) is 0 Å². The summed E-state index contributed by atoms with van der Waals surface area (Å²) in [6, 6.07) is 0. The van der Waals surface area contributed by atoms with Gasteiger partial charge in [-0.25, -0.2) is 9.36 Å². The Morgan fingerprint density at radius 2 is 1.78 bits per heavy atom. The number of hydrogen-bond acceptors (Lipinski definition) is 2. The van der Waals surface area contributed by atoms with Crippen molar-refractivity contribution in [3.05, 3.63) is 12.7 Å². The quantitative estimate of drug-likeness (QED) is 0.322. The van der Waals surface area contributed by atoms with Gasteiger partial charge in [-0.2, -0.15) is 0 Å². The Bertz CT molecular complexity index is 93.8. The monoisotopic (exact) mass is 159 g/mol. The summed E-state index contributed by atoms with van der Waals surface area (Å²) in [6.07, 6.45) is 0.833. The van der Waals surface area contributed by atoms with Crippen LogP contribution in [0.4, 0.5) is 0 Å². The van der Waals surface area contributed by atoms with Gasteiger partial charge in [0.05, 0.1) is 0 Å². The van der Waals surface area contributed by atoms with Gasteiger partial charge in [-0.05, 0) is 0 Å². The Hall–Kier alpha value is 0.270. The number of hydrogen-bond donors (Lipinski definition) is 2. The first-order chi connectivity index (χ1) is 3.68. The number of rotatable bonds is 1. The zero-order chi connectivity index (χ0) is 6.99. The van der Waals surface area contributed by atoms with Crippen LogP contribution in [0.1, 0.15) is 0 Å². The fourth-order valence-corrected chi connectivity index (χ4v) is 0. The molecule has 1 radical (unpaired) electrons. The van der Waals surface area contributed by atoms with Crippen molar-refractivity contribution in [3.8, 4) is 0 Å². The summed E-state index contributed by atoms with van der Waals surface area (Å²) in [5, 5.41) is 7.60. The smallest absolute Gasteiger partial charge is 0.327 e. The molecule has 0 bridgehead atoms. The maximum atomic E-state index is 9.25. The van der Waals surface area contributed by atoms with Crippen LogP contribution in [0.2, 0.25) is 0 Å². The van der Waals surface area contributed by atoms with Crippen molar-refractivity contribution in [2.75, 3.05) is 0 Å². The van der Waals surface area contributed by atoms with E-state index < -0.39 is 14.7 Å². The first kappa shape index (κ1) is 16.1. The maximum absolute atomic E-state index is 9.25. The van der Waals surface area contributed by atoms with Crippen molar-refractivity contribution in [1.29, 1.82) is 0 Å². The van der Waals surface area contributed by atoms with Crippen LogP contribution in [0, 0.1) is 0 Å². The molecule has 4 nitrogen and oxygen atoms in total. The van der Waals surface area contributed by atoms with E-state index in [1.807, 2.05) is 0 Å². The van der Waals surface area contributed by atoms with Crippen molar-refractivity contribution < 1.29 is 19.4 Å². The molecule has 0 aliphatic heterocycles. The molecule has 0 aliphatic carbocycles. The summed E-state index contributed by atoms with van der Waals surface area (Å²) in [4.78, 5) is 16.2. The summed E-state index contributed by atoms with van der Waals surface area (Å²) >= 11 is 0. The van der Waals surface area contributed by atoms with Gasteiger partial charge in [-0.15, -0.1) is 0 Å². The second kappa shape index (κ2) is 15.7. The Kier molecular flexibility index (Phi) is 28.2. The molecule has 0 aromatic rings. The molecule has 0 saturated heterocycles. The van der Waals surface area contributed by atoms with Crippen LogP contribution < -0.4 is 0 Å². The summed E-state index contributed by atoms with van der Waals surface area (Å²) < 4.78 is 8.46. The van der Waals surface area contributed by atoms with Gasteiger partial charge in [0.1, 0.15) is 0 Å². The third-order valence-electron chi connectivity index (χ3n) is 0.175. The standard InChI is InChI=1S/C3H4O2.Na.HO2P/c1-2-3(4)5;;1-3-2/h2H,1H2,(H,4,5);;(H,1,2). The number of carboxylic acids is 1. The van der Waals surface area contributed by atoms with Crippen LogP contribution in [-0.2, 0) is 9.36 Å². The van der Waals surface area contributed by atoms with E-state index in [0.717, 1.165) is 6.08 Å². The molecule has 6 heteroatoms. The SMILES string of the molecule is C=CC(=O)O.O=PO.[Na]. The van der Waals surface area contributed by atoms with E-state index in [2.05, 4.69) is 6.58 Å². The van der Waals surface area contributed by atoms with E-state index in [1.54, 1.807) is 0 Å². The molecule has 2 N–H and O–H groups in total. The second-order valence-electron chi connectivity index (χ2n) is 0.624. The van der Waals surface area contributed by atoms with Gasteiger partial charge in [0.15, 0.2) is 0 Å². The van der Waals surface area contributed by atoms with E-state index >= 15 is 0 Å². The van der Waals surface area contributed by atoms with Crippen molar-refractivity contribution in [2.45, 2.75) is 0 Å². The molecule has 0 saturated carbocycles. The minimum absolute atomic E-state index is 0. The van der Waals surface area contributed by atoms with Crippen molar-refractivity contribution >= 4 is 44.2 Å². The van der Waals surface area contributed by atoms with Gasteiger partial charge in [0, 0.05) is 35.6 Å². The first-order valence-electron chi connectivity index (χ1n) is 1.51. The van der Waals surface area contributed by atoms with Crippen LogP contribution in [0.3, 0.4) is 0 Å². The predicted octanol–water partition coefficient (Wildman–Crippen LogP) is 0.0616. The molecule has 0 aromatic heterocycles. The molecule has 0 atom stereocenters. The van der Waals surface area contributed by atoms with Gasteiger partial charge >= 0.3 is 14.7 Å². The van der Waals surface area contributed by atoms with Gasteiger partial charge in [0.25, 0.3) is 0 Å². The molecule has 47 valence electrons. The van der Waals surface area contributed by atoms with Crippen LogP contribution in [0.5, 0.6) is 0 Å². The number of aliphatic carboxylic acids is 1. The topological polar surface area (TPSA) is 74.6 Å². The second-order valence-corrected chi connectivity index (χ2v) is 0.787. The van der Waals surface area contributed by atoms with Gasteiger partial charge in [-0.3, -0.25) is 0 Å². The molecular formula is C3H5NaO4P. The normalized spacial score (nSPS) is 5.89. The van der Waals surface area contributed by atoms with Crippen molar-refractivity contribution in [2.24, 2.45) is 0 Å². The molecule has 0 aliphatic rings. The fourth-order valence-electron chi connectivity index (χ4n) is 0. The average molecular weight is 159 g/mol. The van der Waals surface area contributed by atoms with Gasteiger partial charge in [-0.1, -0.05) is 6.58 Å². The summed E-state index contributed by atoms with van der Waals surface area (Å²) in [5.74, 6) is -0.981. The summed E-state index contributed by atoms with van der Waals surface area (Å²) in [5.41, 5.74) is 0. The predicted molar refractivity (Wildman–Crippen MR) is 33.4 cm³/mol. The first-order valence-corrected chi connectivity index (χ1v) is 2.27. The molecule has 0 aromatic carbocycles. The summed E-state index contributed by atoms with van der Waals surface area (Å²) in [6.45, 7) is 2.96.